The summed E-state index contributed by atoms with van der Waals surface area (Å²) in [5.74, 6) is -0.450. The molecule has 0 N–H and O–H groups in total. The van der Waals surface area contributed by atoms with Crippen LogP contribution in [0.3, 0.4) is 0 Å². The van der Waals surface area contributed by atoms with Gasteiger partial charge < -0.3 is 9.64 Å². The van der Waals surface area contributed by atoms with Crippen molar-refractivity contribution in [3.8, 4) is 5.69 Å². The molecule has 1 amide bonds. The molecule has 0 radical (unpaired) electrons. The number of ether oxygens (including phenoxy) is 1. The molecule has 0 unspecified atom stereocenters. The number of pyridine rings is 1. The Morgan fingerprint density at radius 3 is 2.55 bits per heavy atom. The number of carbonyl (C=O) groups excluding carboxylic acids is 2. The maximum absolute atomic E-state index is 12.7. The molecule has 2 heterocycles. The van der Waals surface area contributed by atoms with Gasteiger partial charge in [-0.2, -0.15) is 5.10 Å². The predicted molar refractivity (Wildman–Crippen MR) is 109 cm³/mol. The number of aromatic nitrogens is 3. The van der Waals surface area contributed by atoms with Crippen LogP contribution in [0.25, 0.3) is 5.69 Å². The number of hydrogen-bond donors (Lipinski definition) is 0. The standard InChI is InChI=1S/C22H24N4O3/c1-4-29-22(28)20-15-24-26(16(20)2)19-10-8-17(9-11-19)21(27)25(3)14-12-18-7-5-6-13-23-18/h5-11,13,15H,4,12,14H2,1-3H3. The van der Waals surface area contributed by atoms with Crippen molar-refractivity contribution in [3.63, 3.8) is 0 Å². The van der Waals surface area contributed by atoms with E-state index in [4.69, 9.17) is 4.74 Å². The fourth-order valence-corrected chi connectivity index (χ4v) is 2.97. The fraction of sp³-hybridized carbons (Fsp3) is 0.273. The molecule has 0 fully saturated rings. The minimum atomic E-state index is -0.391. The average Bonchev–Trinajstić information content (AvgIpc) is 3.14. The van der Waals surface area contributed by atoms with Crippen molar-refractivity contribution in [1.29, 1.82) is 0 Å². The first-order valence-corrected chi connectivity index (χ1v) is 9.48. The third-order valence-electron chi connectivity index (χ3n) is 4.64. The van der Waals surface area contributed by atoms with Crippen molar-refractivity contribution >= 4 is 11.9 Å². The summed E-state index contributed by atoms with van der Waals surface area (Å²) in [7, 11) is 1.78. The molecule has 0 saturated carbocycles. The maximum Gasteiger partial charge on any atom is 0.341 e. The van der Waals surface area contributed by atoms with Gasteiger partial charge in [0.15, 0.2) is 0 Å². The first kappa shape index (κ1) is 20.3. The first-order chi connectivity index (χ1) is 14.0. The Morgan fingerprint density at radius 1 is 1.14 bits per heavy atom. The van der Waals surface area contributed by atoms with Crippen molar-refractivity contribution < 1.29 is 14.3 Å². The third kappa shape index (κ3) is 4.68. The molecule has 150 valence electrons. The van der Waals surface area contributed by atoms with Gasteiger partial charge in [-0.3, -0.25) is 9.78 Å². The van der Waals surface area contributed by atoms with Crippen molar-refractivity contribution in [2.24, 2.45) is 0 Å². The summed E-state index contributed by atoms with van der Waals surface area (Å²) in [6.07, 6.45) is 3.95. The molecule has 0 aliphatic rings. The van der Waals surface area contributed by atoms with E-state index >= 15 is 0 Å². The molecule has 7 nitrogen and oxygen atoms in total. The van der Waals surface area contributed by atoms with Crippen LogP contribution < -0.4 is 0 Å². The van der Waals surface area contributed by atoms with Crippen molar-refractivity contribution in [3.05, 3.63) is 77.4 Å². The van der Waals surface area contributed by atoms with Crippen LogP contribution in [0.15, 0.2) is 54.9 Å². The van der Waals surface area contributed by atoms with Crippen LogP contribution in [0.1, 0.15) is 39.0 Å². The van der Waals surface area contributed by atoms with Gasteiger partial charge in [-0.1, -0.05) is 6.07 Å². The molecule has 2 aromatic heterocycles. The summed E-state index contributed by atoms with van der Waals surface area (Å²) in [6, 6.07) is 12.9. The largest absolute Gasteiger partial charge is 0.462 e. The van der Waals surface area contributed by atoms with Gasteiger partial charge in [-0.05, 0) is 50.2 Å². The van der Waals surface area contributed by atoms with Crippen LogP contribution >= 0.6 is 0 Å². The number of rotatable bonds is 7. The number of esters is 1. The Hall–Kier alpha value is -3.48. The van der Waals surface area contributed by atoms with E-state index in [-0.39, 0.29) is 5.91 Å². The number of hydrogen-bond acceptors (Lipinski definition) is 5. The lowest BCUT2D eigenvalue weighted by Crippen LogP contribution is -2.29. The monoisotopic (exact) mass is 392 g/mol. The van der Waals surface area contributed by atoms with E-state index < -0.39 is 5.97 Å². The van der Waals surface area contributed by atoms with Gasteiger partial charge in [0.2, 0.25) is 0 Å². The highest BCUT2D eigenvalue weighted by atomic mass is 16.5. The van der Waals surface area contributed by atoms with Gasteiger partial charge in [0, 0.05) is 37.5 Å². The van der Waals surface area contributed by atoms with Crippen LogP contribution in [0.5, 0.6) is 0 Å². The first-order valence-electron chi connectivity index (χ1n) is 9.48. The number of amides is 1. The molecule has 0 spiro atoms. The minimum absolute atomic E-state index is 0.0584. The maximum atomic E-state index is 12.7. The Labute approximate surface area is 169 Å². The van der Waals surface area contributed by atoms with E-state index in [9.17, 15) is 9.59 Å². The second-order valence-electron chi connectivity index (χ2n) is 6.62. The summed E-state index contributed by atoms with van der Waals surface area (Å²) in [4.78, 5) is 30.6. The van der Waals surface area contributed by atoms with E-state index in [1.807, 2.05) is 37.3 Å². The minimum Gasteiger partial charge on any atom is -0.462 e. The number of nitrogens with zero attached hydrogens (tertiary/aromatic N) is 4. The summed E-state index contributed by atoms with van der Waals surface area (Å²) in [5.41, 5.74) is 3.43. The molecule has 1 aromatic carbocycles. The normalized spacial score (nSPS) is 10.6. The SMILES string of the molecule is CCOC(=O)c1cnn(-c2ccc(C(=O)N(C)CCc3ccccn3)cc2)c1C. The second-order valence-corrected chi connectivity index (χ2v) is 6.62. The van der Waals surface area contributed by atoms with Crippen LogP contribution in [0.4, 0.5) is 0 Å². The lowest BCUT2D eigenvalue weighted by molar-refractivity contribution is 0.0525. The second kappa shape index (κ2) is 9.14. The molecule has 0 atom stereocenters. The van der Waals surface area contributed by atoms with E-state index in [0.29, 0.717) is 36.4 Å². The Morgan fingerprint density at radius 2 is 1.90 bits per heavy atom. The highest BCUT2D eigenvalue weighted by molar-refractivity contribution is 5.94. The van der Waals surface area contributed by atoms with E-state index in [1.54, 1.807) is 41.9 Å². The van der Waals surface area contributed by atoms with Crippen LogP contribution in [0, 0.1) is 6.92 Å². The lowest BCUT2D eigenvalue weighted by Gasteiger charge is -2.17. The average molecular weight is 392 g/mol. The molecule has 0 aliphatic heterocycles. The van der Waals surface area contributed by atoms with Gasteiger partial charge in [0.05, 0.1) is 24.2 Å². The topological polar surface area (TPSA) is 77.3 Å². The van der Waals surface area contributed by atoms with Gasteiger partial charge in [-0.15, -0.1) is 0 Å². The molecule has 0 aliphatic carbocycles. The zero-order valence-corrected chi connectivity index (χ0v) is 16.8. The van der Waals surface area contributed by atoms with Gasteiger partial charge >= 0.3 is 5.97 Å². The number of likely N-dealkylation sites (N-methyl/N-ethyl adjacent to an activating group) is 1. The van der Waals surface area contributed by atoms with Crippen LogP contribution in [-0.4, -0.2) is 51.7 Å². The van der Waals surface area contributed by atoms with E-state index in [2.05, 4.69) is 10.1 Å². The molecule has 3 aromatic rings. The third-order valence-corrected chi connectivity index (χ3v) is 4.64. The lowest BCUT2D eigenvalue weighted by atomic mass is 10.1. The number of carbonyl (C=O) groups is 2. The van der Waals surface area contributed by atoms with Crippen molar-refractivity contribution in [2.75, 3.05) is 20.2 Å². The highest BCUT2D eigenvalue weighted by Gasteiger charge is 2.17. The molecule has 0 saturated heterocycles. The molecule has 29 heavy (non-hydrogen) atoms. The molecule has 3 rings (SSSR count). The summed E-state index contributed by atoms with van der Waals surface area (Å²) in [5, 5.41) is 4.28. The Balaban J connectivity index is 1.68. The number of benzene rings is 1. The molecular formula is C22H24N4O3. The van der Waals surface area contributed by atoms with Crippen molar-refractivity contribution in [2.45, 2.75) is 20.3 Å². The van der Waals surface area contributed by atoms with Gasteiger partial charge in [-0.25, -0.2) is 9.48 Å². The van der Waals surface area contributed by atoms with Gasteiger partial charge in [0.1, 0.15) is 5.56 Å². The summed E-state index contributed by atoms with van der Waals surface area (Å²) < 4.78 is 6.70. The quantitative estimate of drug-likeness (QED) is 0.578. The van der Waals surface area contributed by atoms with E-state index in [0.717, 1.165) is 11.4 Å². The smallest absolute Gasteiger partial charge is 0.341 e. The highest BCUT2D eigenvalue weighted by Crippen LogP contribution is 2.16. The van der Waals surface area contributed by atoms with Crippen molar-refractivity contribution in [1.82, 2.24) is 19.7 Å². The summed E-state index contributed by atoms with van der Waals surface area (Å²) >= 11 is 0. The van der Waals surface area contributed by atoms with Crippen LogP contribution in [0.2, 0.25) is 0 Å². The zero-order valence-electron chi connectivity index (χ0n) is 16.8. The van der Waals surface area contributed by atoms with Crippen LogP contribution in [-0.2, 0) is 11.2 Å². The fourth-order valence-electron chi connectivity index (χ4n) is 2.97. The molecule has 7 heteroatoms. The molecule has 0 bridgehead atoms. The Bertz CT molecular complexity index is 981. The Kier molecular flexibility index (Phi) is 6.39. The van der Waals surface area contributed by atoms with E-state index in [1.165, 1.54) is 6.20 Å². The molecular weight excluding hydrogens is 368 g/mol. The zero-order chi connectivity index (χ0) is 20.8. The summed E-state index contributed by atoms with van der Waals surface area (Å²) in [6.45, 7) is 4.47. The van der Waals surface area contributed by atoms with Gasteiger partial charge in [0.25, 0.3) is 5.91 Å². The predicted octanol–water partition coefficient (Wildman–Crippen LogP) is 3.07.